The molecular weight excluding hydrogens is 226 g/mol. The van der Waals surface area contributed by atoms with Gasteiger partial charge in [-0.05, 0) is 37.1 Å². The third kappa shape index (κ3) is 4.87. The van der Waals surface area contributed by atoms with Crippen molar-refractivity contribution in [1.29, 1.82) is 0 Å². The molecule has 0 bridgehead atoms. The van der Waals surface area contributed by atoms with Gasteiger partial charge in [-0.3, -0.25) is 4.79 Å². The van der Waals surface area contributed by atoms with Gasteiger partial charge in [0.2, 0.25) is 6.41 Å². The predicted molar refractivity (Wildman–Crippen MR) is 74.2 cm³/mol. The normalized spacial score (nSPS) is 10.3. The molecule has 3 heteroatoms. The number of ether oxygens (including phenoxy) is 1. The molecule has 0 heterocycles. The summed E-state index contributed by atoms with van der Waals surface area (Å²) in [6, 6.07) is 7.66. The molecule has 1 aromatic carbocycles. The van der Waals surface area contributed by atoms with Gasteiger partial charge in [0.1, 0.15) is 5.75 Å². The highest BCUT2D eigenvalue weighted by atomic mass is 16.5. The molecule has 1 rings (SSSR count). The first-order valence-electron chi connectivity index (χ1n) is 5.83. The lowest BCUT2D eigenvalue weighted by Gasteiger charge is -2.11. The lowest BCUT2D eigenvalue weighted by atomic mass is 10.2. The van der Waals surface area contributed by atoms with E-state index in [9.17, 15) is 4.79 Å². The minimum Gasteiger partial charge on any atom is -0.497 e. The fourth-order valence-corrected chi connectivity index (χ4v) is 1.38. The van der Waals surface area contributed by atoms with Gasteiger partial charge in [-0.15, -0.1) is 6.58 Å². The topological polar surface area (TPSA) is 29.5 Å². The molecule has 0 saturated carbocycles. The first-order valence-corrected chi connectivity index (χ1v) is 5.83. The Morgan fingerprint density at radius 1 is 1.39 bits per heavy atom. The molecule has 1 amide bonds. The number of carbonyl (C=O) groups excluding carboxylic acids is 1. The van der Waals surface area contributed by atoms with Crippen LogP contribution in [0.15, 0.2) is 42.6 Å². The minimum absolute atomic E-state index is 0.658. The molecule has 96 valence electrons. The smallest absolute Gasteiger partial charge is 0.213 e. The van der Waals surface area contributed by atoms with Crippen LogP contribution in [-0.4, -0.2) is 25.0 Å². The Morgan fingerprint density at radius 3 is 2.56 bits per heavy atom. The molecule has 0 atom stereocenters. The molecule has 0 aliphatic rings. The van der Waals surface area contributed by atoms with Gasteiger partial charge in [0.05, 0.1) is 7.11 Å². The number of nitrogens with zero attached hydrogens (tertiary/aromatic N) is 1. The van der Waals surface area contributed by atoms with Crippen LogP contribution in [0.25, 0.3) is 6.08 Å². The van der Waals surface area contributed by atoms with Crippen LogP contribution in [0.5, 0.6) is 5.75 Å². The quantitative estimate of drug-likeness (QED) is 0.545. The average Bonchev–Trinajstić information content (AvgIpc) is 2.39. The monoisotopic (exact) mass is 245 g/mol. The summed E-state index contributed by atoms with van der Waals surface area (Å²) in [7, 11) is 1.64. The summed E-state index contributed by atoms with van der Waals surface area (Å²) in [6.07, 6.45) is 5.30. The first kappa shape index (κ1) is 14.0. The Kier molecular flexibility index (Phi) is 5.71. The van der Waals surface area contributed by atoms with Gasteiger partial charge in [-0.25, -0.2) is 0 Å². The van der Waals surface area contributed by atoms with Crippen LogP contribution >= 0.6 is 0 Å². The summed E-state index contributed by atoms with van der Waals surface area (Å²) in [5, 5.41) is 0. The Bertz CT molecular complexity index is 421. The lowest BCUT2D eigenvalue weighted by Crippen LogP contribution is -2.16. The largest absolute Gasteiger partial charge is 0.497 e. The maximum Gasteiger partial charge on any atom is 0.213 e. The van der Waals surface area contributed by atoms with Gasteiger partial charge < -0.3 is 9.64 Å². The summed E-state index contributed by atoms with van der Waals surface area (Å²) in [4.78, 5) is 12.5. The summed E-state index contributed by atoms with van der Waals surface area (Å²) in [5.41, 5.74) is 2.10. The van der Waals surface area contributed by atoms with E-state index in [1.54, 1.807) is 18.2 Å². The summed E-state index contributed by atoms with van der Waals surface area (Å²) in [6.45, 7) is 6.43. The van der Waals surface area contributed by atoms with Crippen LogP contribution in [0, 0.1) is 0 Å². The Balaban J connectivity index is 2.59. The van der Waals surface area contributed by atoms with Crippen LogP contribution in [-0.2, 0) is 4.79 Å². The summed E-state index contributed by atoms with van der Waals surface area (Å²) >= 11 is 0. The first-order chi connectivity index (χ1) is 8.65. The van der Waals surface area contributed by atoms with Crippen molar-refractivity contribution >= 4 is 12.5 Å². The van der Waals surface area contributed by atoms with Crippen LogP contribution in [0.1, 0.15) is 18.9 Å². The van der Waals surface area contributed by atoms with E-state index in [1.807, 2.05) is 37.3 Å². The van der Waals surface area contributed by atoms with Crippen LogP contribution in [0.2, 0.25) is 0 Å². The molecule has 1 aromatic rings. The molecule has 18 heavy (non-hydrogen) atoms. The van der Waals surface area contributed by atoms with E-state index >= 15 is 0 Å². The van der Waals surface area contributed by atoms with Crippen molar-refractivity contribution < 1.29 is 9.53 Å². The molecule has 0 saturated heterocycles. The maximum atomic E-state index is 10.9. The second-order valence-electron chi connectivity index (χ2n) is 4.14. The molecular formula is C15H19NO2. The molecule has 0 spiro atoms. The van der Waals surface area contributed by atoms with E-state index in [2.05, 4.69) is 6.58 Å². The molecule has 0 aromatic heterocycles. The van der Waals surface area contributed by atoms with Gasteiger partial charge in [0.15, 0.2) is 0 Å². The fourth-order valence-electron chi connectivity index (χ4n) is 1.38. The van der Waals surface area contributed by atoms with Crippen molar-refractivity contribution in [3.63, 3.8) is 0 Å². The zero-order valence-corrected chi connectivity index (χ0v) is 10.9. The fraction of sp³-hybridized carbons (Fsp3) is 0.267. The molecule has 3 nitrogen and oxygen atoms in total. The van der Waals surface area contributed by atoms with Crippen molar-refractivity contribution in [2.24, 2.45) is 0 Å². The zero-order valence-electron chi connectivity index (χ0n) is 10.9. The zero-order chi connectivity index (χ0) is 13.4. The van der Waals surface area contributed by atoms with Crippen LogP contribution in [0.3, 0.4) is 0 Å². The predicted octanol–water partition coefficient (Wildman–Crippen LogP) is 3.09. The summed E-state index contributed by atoms with van der Waals surface area (Å²) in [5.74, 6) is 0.821. The van der Waals surface area contributed by atoms with Gasteiger partial charge in [-0.1, -0.05) is 17.7 Å². The van der Waals surface area contributed by atoms with E-state index in [-0.39, 0.29) is 0 Å². The highest BCUT2D eigenvalue weighted by Gasteiger charge is 1.97. The number of benzene rings is 1. The molecule has 0 aliphatic carbocycles. The van der Waals surface area contributed by atoms with Crippen LogP contribution < -0.4 is 4.74 Å². The third-order valence-electron chi connectivity index (χ3n) is 2.51. The SMILES string of the molecule is C=C(C)CCN(C=O)/C=C/c1ccc(OC)cc1. The van der Waals surface area contributed by atoms with Gasteiger partial charge >= 0.3 is 0 Å². The highest BCUT2D eigenvalue weighted by Crippen LogP contribution is 2.12. The maximum absolute atomic E-state index is 10.9. The highest BCUT2D eigenvalue weighted by molar-refractivity contribution is 5.56. The summed E-state index contributed by atoms with van der Waals surface area (Å²) < 4.78 is 5.08. The van der Waals surface area contributed by atoms with E-state index in [4.69, 9.17) is 4.74 Å². The lowest BCUT2D eigenvalue weighted by molar-refractivity contribution is -0.115. The van der Waals surface area contributed by atoms with E-state index in [0.717, 1.165) is 29.7 Å². The molecule has 0 unspecified atom stereocenters. The number of rotatable bonds is 7. The molecule has 0 fully saturated rings. The van der Waals surface area contributed by atoms with Crippen molar-refractivity contribution in [1.82, 2.24) is 4.90 Å². The second-order valence-corrected chi connectivity index (χ2v) is 4.14. The average molecular weight is 245 g/mol. The van der Waals surface area contributed by atoms with Crippen molar-refractivity contribution in [2.45, 2.75) is 13.3 Å². The number of methoxy groups -OCH3 is 1. The second kappa shape index (κ2) is 7.33. The van der Waals surface area contributed by atoms with E-state index < -0.39 is 0 Å². The third-order valence-corrected chi connectivity index (χ3v) is 2.51. The number of amides is 1. The molecule has 0 aliphatic heterocycles. The van der Waals surface area contributed by atoms with Gasteiger partial charge in [0.25, 0.3) is 0 Å². The van der Waals surface area contributed by atoms with Crippen molar-refractivity contribution in [3.8, 4) is 5.75 Å². The Morgan fingerprint density at radius 2 is 2.06 bits per heavy atom. The minimum atomic E-state index is 0.658. The van der Waals surface area contributed by atoms with Crippen LogP contribution in [0.4, 0.5) is 0 Å². The number of carbonyl (C=O) groups is 1. The molecule has 0 N–H and O–H groups in total. The van der Waals surface area contributed by atoms with E-state index in [0.29, 0.717) is 6.54 Å². The number of hydrogen-bond donors (Lipinski definition) is 0. The Labute approximate surface area is 108 Å². The Hall–Kier alpha value is -2.03. The number of hydrogen-bond acceptors (Lipinski definition) is 2. The van der Waals surface area contributed by atoms with Gasteiger partial charge in [0, 0.05) is 12.7 Å². The van der Waals surface area contributed by atoms with E-state index in [1.165, 1.54) is 0 Å². The standard InChI is InChI=1S/C15H19NO2/c1-13(2)8-10-16(12-17)11-9-14-4-6-15(18-3)7-5-14/h4-7,9,11-12H,1,8,10H2,2-3H3/b11-9+. The van der Waals surface area contributed by atoms with Crippen molar-refractivity contribution in [3.05, 3.63) is 48.2 Å². The molecule has 0 radical (unpaired) electrons. The van der Waals surface area contributed by atoms with Gasteiger partial charge in [-0.2, -0.15) is 0 Å². The van der Waals surface area contributed by atoms with Crippen molar-refractivity contribution in [2.75, 3.05) is 13.7 Å².